The number of aromatic amines is 2. The fourth-order valence-corrected chi connectivity index (χ4v) is 8.75. The molecule has 0 fully saturated rings. The smallest absolute Gasteiger partial charge is 0.190 e. The summed E-state index contributed by atoms with van der Waals surface area (Å²) in [5.74, 6) is -1.02. The summed E-state index contributed by atoms with van der Waals surface area (Å²) < 4.78 is 89.8. The Morgan fingerprint density at radius 1 is 0.626 bits per heavy atom. The second kappa shape index (κ2) is 42.4. The summed E-state index contributed by atoms with van der Waals surface area (Å²) in [7, 11) is 4.79. The van der Waals surface area contributed by atoms with Gasteiger partial charge in [-0.3, -0.25) is 24.0 Å². The van der Waals surface area contributed by atoms with Gasteiger partial charge in [-0.25, -0.2) is 17.6 Å². The van der Waals surface area contributed by atoms with Crippen LogP contribution in [0, 0.1) is 44.0 Å². The first-order chi connectivity index (χ1) is 46.3. The average Bonchev–Trinajstić information content (AvgIpc) is 0.785. The Balaban J connectivity index is 0.000000315. The number of nitrogens with one attached hydrogen (secondary N) is 3. The predicted octanol–water partition coefficient (Wildman–Crippen LogP) is 16.1. The molecule has 10 rings (SSSR count). The normalized spacial score (nSPS) is 10.9. The molecule has 30 heteroatoms. The standard InChI is InChI=1S/C18H18FNO2.C17H14FNO2.C15H10FNO3.C11H11FO3.C8H11NO.BBr3.BrH.Ca.H2O4S/c1-12-5-4-6-16(18(12)22-3)20-17(11-13(2)21)14-7-9-15(19)10-8-14;1-10-3-8-13-15(20)9-14(19-16(13)17(10)21-2)11-4-6-12(18)7-5-11;16-9-3-1-8(2-4-9)11-7-13(19)10-5-6-12(18)15(20)14(10)17-11;1-2-15-11(14)7-10(13)8-3-5-9(12)6-4-8;1-6-4-3-5-7(9)8(6)10-2;2-1(3)4;;;1-4-5(2)3/h4-11,20H,1-3H3;3-9H,1-2H3,(H,19,20);1-7,18,20H,(H,17,19);3-6H,2,7H2,1H3;3-5H,9H2,1-2H3;;1H;;1H,(H,2,3)/b17-11+;;;;;;;;. The molecule has 0 bridgehead atoms. The fraction of sp³-hybridized carbons (Fsp3) is 0.145. The number of fused-ring (bicyclic) bond motifs is 2. The predicted molar refractivity (Wildman–Crippen MR) is 398 cm³/mol. The number of halogens is 8. The summed E-state index contributed by atoms with van der Waals surface area (Å²) in [6.45, 7) is 9.21. The second-order valence-corrected chi connectivity index (χ2v) is 31.4. The van der Waals surface area contributed by atoms with E-state index in [9.17, 15) is 56.0 Å². The van der Waals surface area contributed by atoms with Crippen LogP contribution in [0.5, 0.6) is 28.7 Å². The summed E-state index contributed by atoms with van der Waals surface area (Å²) in [5.41, 5.74) is 14.5. The number of aryl methyl sites for hydroxylation is 3. The van der Waals surface area contributed by atoms with Gasteiger partial charge in [-0.15, -0.1) is 64.3 Å². The molecule has 0 aliphatic rings. The summed E-state index contributed by atoms with van der Waals surface area (Å²) in [5, 5.41) is 30.8. The van der Waals surface area contributed by atoms with Crippen molar-refractivity contribution >= 4 is 162 Å². The third-order valence-corrected chi connectivity index (χ3v) is 13.9. The van der Waals surface area contributed by atoms with E-state index in [1.165, 1.54) is 110 Å². The number of nitrogen functional groups attached to an aromatic ring is 1. The SMILES string of the molecule is Br.BrB(Br)Br.CCOC(=O)CC(=O)c1ccc(F)cc1.COc1c(C)ccc2c(=O)cc(-c3ccc(F)cc3)[nH]c12.COc1c(C)cccc1N.COc1c(C)cccc1N/C(=C/C(C)=O)c1ccc(F)cc1.O=[S](O)(=[Ca])OO.O=c1cc(-c2ccc(F)cc2)[nH]c2c(O)c(O)ccc12. The van der Waals surface area contributed by atoms with Crippen molar-refractivity contribution < 1.29 is 79.5 Å². The molecular formula is C69H67BBr4CaF4N4O15S. The van der Waals surface area contributed by atoms with Crippen molar-refractivity contribution in [1.29, 1.82) is 0 Å². The monoisotopic (exact) mass is 1670 g/mol. The molecule has 99 heavy (non-hydrogen) atoms. The van der Waals surface area contributed by atoms with Gasteiger partial charge in [0.25, 0.3) is 0 Å². The summed E-state index contributed by atoms with van der Waals surface area (Å²) in [6, 6.07) is 43.2. The number of rotatable bonds is 14. The number of phenols is 2. The number of aromatic hydroxyl groups is 2. The van der Waals surface area contributed by atoms with Crippen LogP contribution in [-0.2, 0) is 23.1 Å². The molecule has 0 saturated heterocycles. The van der Waals surface area contributed by atoms with Crippen LogP contribution in [0.15, 0.2) is 186 Å². The van der Waals surface area contributed by atoms with Gasteiger partial charge in [0.05, 0.1) is 50.3 Å². The number of anilines is 2. The first kappa shape index (κ1) is 85.5. The van der Waals surface area contributed by atoms with Crippen LogP contribution in [0.3, 0.4) is 0 Å². The molecule has 2 aromatic heterocycles. The fourth-order valence-electron chi connectivity index (χ4n) is 8.75. The Kier molecular flexibility index (Phi) is 36.7. The number of benzene rings is 8. The van der Waals surface area contributed by atoms with E-state index >= 15 is 0 Å². The number of aromatic nitrogens is 2. The Morgan fingerprint density at radius 3 is 1.45 bits per heavy atom. The molecule has 0 spiro atoms. The molecule has 520 valence electrons. The quantitative estimate of drug-likeness (QED) is 0.00479. The van der Waals surface area contributed by atoms with Crippen molar-refractivity contribution in [3.8, 4) is 51.3 Å². The molecule has 1 unspecified atom stereocenters. The van der Waals surface area contributed by atoms with Gasteiger partial charge < -0.3 is 50.2 Å². The van der Waals surface area contributed by atoms with Crippen molar-refractivity contribution in [3.63, 3.8) is 0 Å². The third kappa shape index (κ3) is 28.1. The summed E-state index contributed by atoms with van der Waals surface area (Å²) in [6.07, 6.45) is 1.18. The summed E-state index contributed by atoms with van der Waals surface area (Å²) >= 11 is 9.34. The molecule has 8 aromatic carbocycles. The van der Waals surface area contributed by atoms with E-state index in [0.717, 1.165) is 39.3 Å². The number of carbonyl (C=O) groups is 3. The minimum Gasteiger partial charge on any atom is -0.504 e. The molecule has 0 saturated carbocycles. The topological polar surface area (TPSA) is 299 Å². The molecule has 0 radical (unpaired) electrons. The number of Topliss-reactive ketones (excluding diaryl/α,β-unsaturated/α-hetero) is 1. The van der Waals surface area contributed by atoms with E-state index in [0.29, 0.717) is 56.3 Å². The molecule has 2 heterocycles. The molecule has 0 amide bonds. The Hall–Kier alpha value is -7.68. The van der Waals surface area contributed by atoms with Crippen molar-refractivity contribution in [3.05, 3.63) is 247 Å². The van der Waals surface area contributed by atoms with Gasteiger partial charge in [-0.1, -0.05) is 30.3 Å². The zero-order valence-corrected chi connectivity index (χ0v) is 63.8. The maximum Gasteiger partial charge on any atom is 0.190 e. The van der Waals surface area contributed by atoms with Gasteiger partial charge in [0.2, 0.25) is 0 Å². The first-order valence-corrected chi connectivity index (χ1v) is 35.8. The number of para-hydroxylation sites is 2. The largest absolute Gasteiger partial charge is 0.504 e. The van der Waals surface area contributed by atoms with Gasteiger partial charge in [0, 0.05) is 51.6 Å². The maximum absolute atomic E-state index is 13.1. The van der Waals surface area contributed by atoms with Crippen molar-refractivity contribution in [2.75, 3.05) is 39.0 Å². The number of hydrogen-bond donors (Lipinski definition) is 8. The van der Waals surface area contributed by atoms with Gasteiger partial charge >= 0.3 is 65.3 Å². The van der Waals surface area contributed by atoms with Crippen molar-refractivity contribution in [2.45, 2.75) is 41.0 Å². The number of allylic oxidation sites excluding steroid dienone is 1. The molecule has 19 nitrogen and oxygen atoms in total. The van der Waals surface area contributed by atoms with E-state index < -0.39 is 16.3 Å². The molecule has 0 aliphatic carbocycles. The molecule has 10 aromatic rings. The molecule has 9 N–H and O–H groups in total. The van der Waals surface area contributed by atoms with E-state index in [-0.39, 0.29) is 129 Å². The van der Waals surface area contributed by atoms with E-state index in [4.69, 9.17) is 29.8 Å². The van der Waals surface area contributed by atoms with Gasteiger partial charge in [-0.05, 0) is 195 Å². The number of H-pyrrole nitrogens is 2. The number of carbonyl (C=O) groups excluding carboxylic acids is 3. The van der Waals surface area contributed by atoms with Crippen LogP contribution in [-0.4, -0.2) is 116 Å². The van der Waals surface area contributed by atoms with E-state index in [1.54, 1.807) is 58.6 Å². The number of phenolic OH excluding ortho intramolecular Hbond substituents is 2. The number of esters is 1. The number of nitrogens with two attached hydrogens (primary N) is 1. The maximum atomic E-state index is 13.1. The zero-order chi connectivity index (χ0) is 73.0. The van der Waals surface area contributed by atoms with Crippen LogP contribution in [0.2, 0.25) is 0 Å². The number of pyridine rings is 2. The van der Waals surface area contributed by atoms with Crippen LogP contribution in [0.25, 0.3) is 50.0 Å². The van der Waals surface area contributed by atoms with Crippen molar-refractivity contribution in [2.24, 2.45) is 0 Å². The Morgan fingerprint density at radius 2 is 1.03 bits per heavy atom. The summed E-state index contributed by atoms with van der Waals surface area (Å²) in [4.78, 5) is 64.3. The number of ether oxygens (including phenoxy) is 4. The Labute approximate surface area is 624 Å². The number of methoxy groups -OCH3 is 3. The van der Waals surface area contributed by atoms with Crippen molar-refractivity contribution in [1.82, 2.24) is 9.97 Å². The number of ketones is 2. The first-order valence-electron chi connectivity index (χ1n) is 28.7. The van der Waals surface area contributed by atoms with Crippen LogP contribution in [0.4, 0.5) is 28.9 Å². The van der Waals surface area contributed by atoms with Gasteiger partial charge in [0.15, 0.2) is 33.9 Å². The van der Waals surface area contributed by atoms with Gasteiger partial charge in [-0.2, -0.15) is 0 Å². The zero-order valence-electron chi connectivity index (χ0n) is 54.3. The molecule has 0 aliphatic heterocycles. The van der Waals surface area contributed by atoms with E-state index in [1.807, 2.05) is 63.2 Å². The van der Waals surface area contributed by atoms with Crippen LogP contribution in [0.1, 0.15) is 52.9 Å². The minimum atomic E-state index is -3.23. The molecular weight excluding hydrogens is 1600 g/mol. The molecule has 1 atom stereocenters. The average molecular weight is 1670 g/mol. The van der Waals surface area contributed by atoms with Crippen LogP contribution < -0.4 is 36.1 Å². The number of hydrogen-bond acceptors (Lipinski definition) is 16. The minimum absolute atomic E-state index is 0. The van der Waals surface area contributed by atoms with E-state index in [2.05, 4.69) is 71.6 Å². The Bertz CT molecular complexity index is 4600. The van der Waals surface area contributed by atoms with Crippen LogP contribution >= 0.6 is 64.3 Å². The third-order valence-electron chi connectivity index (χ3n) is 13.2. The second-order valence-electron chi connectivity index (χ2n) is 20.3. The van der Waals surface area contributed by atoms with Gasteiger partial charge in [0.1, 0.15) is 46.9 Å².